The second kappa shape index (κ2) is 4.64. The molecule has 0 aliphatic carbocycles. The van der Waals surface area contributed by atoms with Crippen LogP contribution in [0, 0.1) is 20.8 Å². The van der Waals surface area contributed by atoms with Crippen LogP contribution >= 0.6 is 0 Å². The molecule has 0 spiro atoms. The molecular weight excluding hydrogens is 228 g/mol. The summed E-state index contributed by atoms with van der Waals surface area (Å²) < 4.78 is 0. The molecule has 0 saturated carbocycles. The first-order valence-electron chi connectivity index (χ1n) is 5.82. The Kier molecular flexibility index (Phi) is 3.19. The van der Waals surface area contributed by atoms with Gasteiger partial charge in [-0.2, -0.15) is 5.10 Å². The summed E-state index contributed by atoms with van der Waals surface area (Å²) in [7, 11) is 0. The molecule has 1 heterocycles. The van der Waals surface area contributed by atoms with Crippen LogP contribution in [0.2, 0.25) is 0 Å². The zero-order valence-electron chi connectivity index (χ0n) is 10.7. The monoisotopic (exact) mass is 244 g/mol. The summed E-state index contributed by atoms with van der Waals surface area (Å²) in [6.07, 6.45) is -0.0309. The zero-order chi connectivity index (χ0) is 13.3. The summed E-state index contributed by atoms with van der Waals surface area (Å²) >= 11 is 0. The minimum Gasteiger partial charge on any atom is -0.481 e. The maximum atomic E-state index is 10.6. The number of aromatic nitrogens is 2. The maximum Gasteiger partial charge on any atom is 0.309 e. The van der Waals surface area contributed by atoms with Crippen molar-refractivity contribution in [2.24, 2.45) is 0 Å². The molecule has 94 valence electrons. The lowest BCUT2D eigenvalue weighted by Gasteiger charge is -2.08. The highest BCUT2D eigenvalue weighted by Crippen LogP contribution is 2.26. The van der Waals surface area contributed by atoms with Crippen LogP contribution in [0.4, 0.5) is 0 Å². The number of carbonyl (C=O) groups is 1. The molecule has 0 aliphatic heterocycles. The van der Waals surface area contributed by atoms with E-state index in [4.69, 9.17) is 5.11 Å². The molecular formula is C14H16N2O2. The van der Waals surface area contributed by atoms with Crippen LogP contribution in [0.3, 0.4) is 0 Å². The number of aryl methyl sites for hydroxylation is 1. The van der Waals surface area contributed by atoms with Gasteiger partial charge in [-0.3, -0.25) is 9.89 Å². The summed E-state index contributed by atoms with van der Waals surface area (Å²) in [4.78, 5) is 10.6. The van der Waals surface area contributed by atoms with Crippen molar-refractivity contribution in [1.82, 2.24) is 10.2 Å². The molecule has 0 aliphatic rings. The van der Waals surface area contributed by atoms with Gasteiger partial charge in [0.05, 0.1) is 12.1 Å². The molecule has 2 N–H and O–H groups in total. The van der Waals surface area contributed by atoms with Crippen molar-refractivity contribution in [3.05, 3.63) is 40.6 Å². The summed E-state index contributed by atoms with van der Waals surface area (Å²) in [6.45, 7) is 6.22. The molecule has 4 nitrogen and oxygen atoms in total. The van der Waals surface area contributed by atoms with E-state index >= 15 is 0 Å². The number of nitrogens with zero attached hydrogens (tertiary/aromatic N) is 1. The standard InChI is InChI=1S/C14H16N2O2/c1-8-4-5-12(10(3)9(8)2)13-6-11(15-16-13)7-14(17)18/h4-6H,7H2,1-3H3,(H,15,16)(H,17,18). The second-order valence-electron chi connectivity index (χ2n) is 4.53. The Morgan fingerprint density at radius 2 is 2.00 bits per heavy atom. The van der Waals surface area contributed by atoms with Gasteiger partial charge in [0, 0.05) is 11.3 Å². The predicted octanol–water partition coefficient (Wildman–Crippen LogP) is 2.63. The Morgan fingerprint density at radius 1 is 1.28 bits per heavy atom. The van der Waals surface area contributed by atoms with Crippen LogP contribution in [-0.2, 0) is 11.2 Å². The molecule has 0 atom stereocenters. The lowest BCUT2D eigenvalue weighted by atomic mass is 9.97. The van der Waals surface area contributed by atoms with Crippen LogP contribution in [-0.4, -0.2) is 21.3 Å². The van der Waals surface area contributed by atoms with Crippen LogP contribution in [0.25, 0.3) is 11.3 Å². The largest absolute Gasteiger partial charge is 0.481 e. The van der Waals surface area contributed by atoms with Crippen molar-refractivity contribution in [2.45, 2.75) is 27.2 Å². The van der Waals surface area contributed by atoms with Gasteiger partial charge in [-0.15, -0.1) is 0 Å². The second-order valence-corrected chi connectivity index (χ2v) is 4.53. The number of carboxylic acids is 1. The van der Waals surface area contributed by atoms with E-state index in [9.17, 15) is 4.79 Å². The third-order valence-corrected chi connectivity index (χ3v) is 3.31. The molecule has 1 aromatic carbocycles. The van der Waals surface area contributed by atoms with Gasteiger partial charge < -0.3 is 5.11 Å². The average Bonchev–Trinajstić information content (AvgIpc) is 2.73. The van der Waals surface area contributed by atoms with Crippen molar-refractivity contribution >= 4 is 5.97 Å². The van der Waals surface area contributed by atoms with Gasteiger partial charge in [-0.05, 0) is 43.5 Å². The number of hydrogen-bond donors (Lipinski definition) is 2. The highest BCUT2D eigenvalue weighted by atomic mass is 16.4. The van der Waals surface area contributed by atoms with Gasteiger partial charge in [-0.1, -0.05) is 12.1 Å². The molecule has 0 fully saturated rings. The first-order valence-corrected chi connectivity index (χ1v) is 5.82. The molecule has 2 rings (SSSR count). The summed E-state index contributed by atoms with van der Waals surface area (Å²) in [5.41, 5.74) is 6.14. The quantitative estimate of drug-likeness (QED) is 0.872. The van der Waals surface area contributed by atoms with E-state index in [-0.39, 0.29) is 6.42 Å². The van der Waals surface area contributed by atoms with E-state index in [1.165, 1.54) is 16.7 Å². The molecule has 0 amide bonds. The van der Waals surface area contributed by atoms with E-state index in [0.717, 1.165) is 11.3 Å². The number of carboxylic acid groups (broad SMARTS) is 1. The third-order valence-electron chi connectivity index (χ3n) is 3.31. The Bertz CT molecular complexity index is 600. The number of rotatable bonds is 3. The summed E-state index contributed by atoms with van der Waals surface area (Å²) in [6, 6.07) is 5.88. The van der Waals surface area contributed by atoms with Crippen LogP contribution < -0.4 is 0 Å². The van der Waals surface area contributed by atoms with Gasteiger partial charge >= 0.3 is 5.97 Å². The van der Waals surface area contributed by atoms with Gasteiger partial charge in [0.1, 0.15) is 0 Å². The lowest BCUT2D eigenvalue weighted by molar-refractivity contribution is -0.136. The van der Waals surface area contributed by atoms with Gasteiger partial charge in [-0.25, -0.2) is 0 Å². The number of nitrogens with one attached hydrogen (secondary N) is 1. The first-order chi connectivity index (χ1) is 8.49. The molecule has 1 aromatic heterocycles. The summed E-state index contributed by atoms with van der Waals surface area (Å²) in [5, 5.41) is 15.7. The number of H-pyrrole nitrogens is 1. The van der Waals surface area contributed by atoms with E-state index in [2.05, 4.69) is 37.0 Å². The Hall–Kier alpha value is -2.10. The van der Waals surface area contributed by atoms with E-state index in [0.29, 0.717) is 5.69 Å². The third kappa shape index (κ3) is 2.27. The first kappa shape index (κ1) is 12.4. The molecule has 18 heavy (non-hydrogen) atoms. The Labute approximate surface area is 106 Å². The SMILES string of the molecule is Cc1ccc(-c2cc(CC(=O)O)[nH]n2)c(C)c1C. The minimum absolute atomic E-state index is 0.0309. The fourth-order valence-electron chi connectivity index (χ4n) is 1.99. The Balaban J connectivity index is 2.40. The fraction of sp³-hybridized carbons (Fsp3) is 0.286. The molecule has 0 unspecified atom stereocenters. The number of aliphatic carboxylic acids is 1. The van der Waals surface area contributed by atoms with E-state index in [1.54, 1.807) is 6.07 Å². The van der Waals surface area contributed by atoms with E-state index in [1.807, 2.05) is 6.07 Å². The highest BCUT2D eigenvalue weighted by molar-refractivity contribution is 5.71. The van der Waals surface area contributed by atoms with Crippen molar-refractivity contribution < 1.29 is 9.90 Å². The lowest BCUT2D eigenvalue weighted by Crippen LogP contribution is -1.99. The minimum atomic E-state index is -0.859. The van der Waals surface area contributed by atoms with Crippen LogP contribution in [0.15, 0.2) is 18.2 Å². The van der Waals surface area contributed by atoms with E-state index < -0.39 is 5.97 Å². The topological polar surface area (TPSA) is 66.0 Å². The number of benzene rings is 1. The van der Waals surface area contributed by atoms with Crippen molar-refractivity contribution in [1.29, 1.82) is 0 Å². The van der Waals surface area contributed by atoms with Crippen molar-refractivity contribution in [3.8, 4) is 11.3 Å². The molecule has 0 radical (unpaired) electrons. The number of hydrogen-bond acceptors (Lipinski definition) is 2. The van der Waals surface area contributed by atoms with Gasteiger partial charge in [0.25, 0.3) is 0 Å². The van der Waals surface area contributed by atoms with Crippen molar-refractivity contribution in [2.75, 3.05) is 0 Å². The zero-order valence-corrected chi connectivity index (χ0v) is 10.7. The smallest absolute Gasteiger partial charge is 0.309 e. The highest BCUT2D eigenvalue weighted by Gasteiger charge is 2.10. The number of aromatic amines is 1. The van der Waals surface area contributed by atoms with Crippen molar-refractivity contribution in [3.63, 3.8) is 0 Å². The summed E-state index contributed by atoms with van der Waals surface area (Å²) in [5.74, 6) is -0.859. The molecule has 4 heteroatoms. The van der Waals surface area contributed by atoms with Gasteiger partial charge in [0.15, 0.2) is 0 Å². The molecule has 0 saturated heterocycles. The normalized spacial score (nSPS) is 10.6. The molecule has 2 aromatic rings. The van der Waals surface area contributed by atoms with Gasteiger partial charge in [0.2, 0.25) is 0 Å². The van der Waals surface area contributed by atoms with Crippen LogP contribution in [0.5, 0.6) is 0 Å². The van der Waals surface area contributed by atoms with Crippen LogP contribution in [0.1, 0.15) is 22.4 Å². The maximum absolute atomic E-state index is 10.6. The fourth-order valence-corrected chi connectivity index (χ4v) is 1.99. The molecule has 0 bridgehead atoms. The average molecular weight is 244 g/mol. The Morgan fingerprint density at radius 3 is 2.67 bits per heavy atom. The predicted molar refractivity (Wildman–Crippen MR) is 69.6 cm³/mol.